The van der Waals surface area contributed by atoms with Crippen molar-refractivity contribution in [3.63, 3.8) is 0 Å². The minimum absolute atomic E-state index is 0.0470. The van der Waals surface area contributed by atoms with Crippen LogP contribution in [-0.2, 0) is 6.42 Å². The Morgan fingerprint density at radius 1 is 0.929 bits per heavy atom. The van der Waals surface area contributed by atoms with E-state index < -0.39 is 0 Å². The molecule has 2 unspecified atom stereocenters. The van der Waals surface area contributed by atoms with Gasteiger partial charge in [-0.05, 0) is 74.1 Å². The Bertz CT molecular complexity index is 580. The molecule has 0 aliphatic carbocycles. The summed E-state index contributed by atoms with van der Waals surface area (Å²) in [6, 6.07) is 5.50. The van der Waals surface area contributed by atoms with Crippen molar-refractivity contribution in [2.45, 2.75) is 111 Å². The van der Waals surface area contributed by atoms with E-state index in [0.717, 1.165) is 48.3 Å². The van der Waals surface area contributed by atoms with Gasteiger partial charge < -0.3 is 9.84 Å². The smallest absolute Gasteiger partial charge is 0.123 e. The molecule has 0 saturated carbocycles. The van der Waals surface area contributed by atoms with Gasteiger partial charge in [0.2, 0.25) is 0 Å². The summed E-state index contributed by atoms with van der Waals surface area (Å²) in [5, 5.41) is 9.63. The maximum absolute atomic E-state index is 9.63. The van der Waals surface area contributed by atoms with E-state index in [4.69, 9.17) is 4.74 Å². The second-order valence-corrected chi connectivity index (χ2v) is 10.2. The summed E-state index contributed by atoms with van der Waals surface area (Å²) in [7, 11) is 0. The van der Waals surface area contributed by atoms with Crippen molar-refractivity contribution in [1.82, 2.24) is 0 Å². The molecule has 0 radical (unpaired) electrons. The molecule has 2 rings (SSSR count). The predicted molar refractivity (Wildman–Crippen MR) is 120 cm³/mol. The van der Waals surface area contributed by atoms with Crippen LogP contribution in [0.2, 0.25) is 0 Å². The lowest BCUT2D eigenvalue weighted by Gasteiger charge is -2.36. The number of aromatic hydroxyl groups is 1. The third kappa shape index (κ3) is 8.05. The molecule has 1 aromatic rings. The van der Waals surface area contributed by atoms with Crippen molar-refractivity contribution in [2.75, 3.05) is 0 Å². The lowest BCUT2D eigenvalue weighted by atomic mass is 9.86. The van der Waals surface area contributed by atoms with Gasteiger partial charge in [0.05, 0.1) is 0 Å². The van der Waals surface area contributed by atoms with E-state index in [1.165, 1.54) is 51.4 Å². The van der Waals surface area contributed by atoms with E-state index in [2.05, 4.69) is 34.6 Å². The molecule has 3 atom stereocenters. The van der Waals surface area contributed by atoms with Crippen molar-refractivity contribution in [3.8, 4) is 11.5 Å². The number of rotatable bonds is 12. The monoisotopic (exact) mass is 388 g/mol. The molecule has 0 spiro atoms. The predicted octanol–water partition coefficient (Wildman–Crippen LogP) is 7.92. The first kappa shape index (κ1) is 23.1. The number of hydrogen-bond donors (Lipinski definition) is 1. The van der Waals surface area contributed by atoms with Crippen LogP contribution in [0.3, 0.4) is 0 Å². The van der Waals surface area contributed by atoms with Crippen molar-refractivity contribution < 1.29 is 9.84 Å². The second kappa shape index (κ2) is 11.1. The third-order valence-corrected chi connectivity index (χ3v) is 6.60. The Hall–Kier alpha value is -1.18. The minimum Gasteiger partial charge on any atom is -0.508 e. The Balaban J connectivity index is 1.60. The van der Waals surface area contributed by atoms with E-state index in [1.807, 2.05) is 12.1 Å². The normalized spacial score (nSPS) is 21.2. The van der Waals surface area contributed by atoms with Crippen LogP contribution in [0.25, 0.3) is 0 Å². The number of aryl methyl sites for hydroxylation is 1. The summed E-state index contributed by atoms with van der Waals surface area (Å²) in [6.07, 6.45) is 14.1. The molecule has 1 aliphatic heterocycles. The number of phenols is 1. The number of ether oxygens (including phenoxy) is 1. The molecule has 1 aliphatic rings. The fourth-order valence-corrected chi connectivity index (χ4v) is 4.55. The SMILES string of the molecule is CC(C)CCCC(C)CCCC(C)CCC[C@]1(C)CCc2cc(O)ccc2O1. The summed E-state index contributed by atoms with van der Waals surface area (Å²) in [6.45, 7) is 11.8. The average Bonchev–Trinajstić information content (AvgIpc) is 2.61. The fourth-order valence-electron chi connectivity index (χ4n) is 4.55. The van der Waals surface area contributed by atoms with Crippen LogP contribution in [0.5, 0.6) is 11.5 Å². The van der Waals surface area contributed by atoms with Gasteiger partial charge in [-0.2, -0.15) is 0 Å². The van der Waals surface area contributed by atoms with Crippen LogP contribution in [0, 0.1) is 17.8 Å². The zero-order valence-corrected chi connectivity index (χ0v) is 19.1. The zero-order chi connectivity index (χ0) is 20.6. The first-order chi connectivity index (χ1) is 13.3. The van der Waals surface area contributed by atoms with Gasteiger partial charge in [-0.1, -0.05) is 72.6 Å². The van der Waals surface area contributed by atoms with Gasteiger partial charge in [-0.15, -0.1) is 0 Å². The van der Waals surface area contributed by atoms with Gasteiger partial charge in [0, 0.05) is 0 Å². The lowest BCUT2D eigenvalue weighted by molar-refractivity contribution is 0.0523. The first-order valence-electron chi connectivity index (χ1n) is 11.8. The standard InChI is InChI=1S/C26H44O2/c1-20(2)9-6-10-21(3)11-7-12-22(4)13-8-17-26(5)18-16-23-19-24(27)14-15-25(23)28-26/h14-15,19-22,27H,6-13,16-18H2,1-5H3/t21?,22?,26-/m1/s1. The van der Waals surface area contributed by atoms with Crippen molar-refractivity contribution in [2.24, 2.45) is 17.8 Å². The summed E-state index contributed by atoms with van der Waals surface area (Å²) in [5.41, 5.74) is 1.10. The summed E-state index contributed by atoms with van der Waals surface area (Å²) >= 11 is 0. The lowest BCUT2D eigenvalue weighted by Crippen LogP contribution is -2.36. The van der Waals surface area contributed by atoms with Gasteiger partial charge in [0.15, 0.2) is 0 Å². The molecule has 1 aromatic carbocycles. The molecule has 28 heavy (non-hydrogen) atoms. The highest BCUT2D eigenvalue weighted by atomic mass is 16.5. The van der Waals surface area contributed by atoms with E-state index in [0.29, 0.717) is 5.75 Å². The van der Waals surface area contributed by atoms with Crippen LogP contribution < -0.4 is 4.74 Å². The van der Waals surface area contributed by atoms with Crippen molar-refractivity contribution in [1.29, 1.82) is 0 Å². The molecule has 0 aromatic heterocycles. The van der Waals surface area contributed by atoms with E-state index in [1.54, 1.807) is 6.07 Å². The van der Waals surface area contributed by atoms with Crippen LogP contribution in [0.4, 0.5) is 0 Å². The highest BCUT2D eigenvalue weighted by Gasteiger charge is 2.31. The van der Waals surface area contributed by atoms with Crippen molar-refractivity contribution in [3.05, 3.63) is 23.8 Å². The van der Waals surface area contributed by atoms with E-state index in [-0.39, 0.29) is 5.60 Å². The molecular weight excluding hydrogens is 344 g/mol. The maximum atomic E-state index is 9.63. The Kier molecular flexibility index (Phi) is 9.18. The number of fused-ring (bicyclic) bond motifs is 1. The van der Waals surface area contributed by atoms with Crippen LogP contribution >= 0.6 is 0 Å². The molecule has 1 N–H and O–H groups in total. The number of phenolic OH excluding ortho intramolecular Hbond substituents is 1. The highest BCUT2D eigenvalue weighted by Crippen LogP contribution is 2.37. The summed E-state index contributed by atoms with van der Waals surface area (Å²) in [4.78, 5) is 0. The third-order valence-electron chi connectivity index (χ3n) is 6.60. The molecule has 0 fully saturated rings. The zero-order valence-electron chi connectivity index (χ0n) is 19.1. The van der Waals surface area contributed by atoms with E-state index in [9.17, 15) is 5.11 Å². The first-order valence-corrected chi connectivity index (χ1v) is 11.8. The molecule has 0 saturated heterocycles. The topological polar surface area (TPSA) is 29.5 Å². The number of hydrogen-bond acceptors (Lipinski definition) is 2. The molecular formula is C26H44O2. The van der Waals surface area contributed by atoms with Gasteiger partial charge >= 0.3 is 0 Å². The molecule has 0 amide bonds. The molecule has 2 nitrogen and oxygen atoms in total. The maximum Gasteiger partial charge on any atom is 0.123 e. The van der Waals surface area contributed by atoms with Gasteiger partial charge in [0.25, 0.3) is 0 Å². The largest absolute Gasteiger partial charge is 0.508 e. The van der Waals surface area contributed by atoms with Crippen LogP contribution in [-0.4, -0.2) is 10.7 Å². The fraction of sp³-hybridized carbons (Fsp3) is 0.769. The van der Waals surface area contributed by atoms with E-state index >= 15 is 0 Å². The molecule has 2 heteroatoms. The van der Waals surface area contributed by atoms with Gasteiger partial charge in [-0.3, -0.25) is 0 Å². The quantitative estimate of drug-likeness (QED) is 0.394. The van der Waals surface area contributed by atoms with Crippen molar-refractivity contribution >= 4 is 0 Å². The molecule has 1 heterocycles. The average molecular weight is 389 g/mol. The molecule has 0 bridgehead atoms. The Morgan fingerprint density at radius 3 is 2.18 bits per heavy atom. The van der Waals surface area contributed by atoms with Gasteiger partial charge in [0.1, 0.15) is 17.1 Å². The molecule has 160 valence electrons. The van der Waals surface area contributed by atoms with Crippen LogP contribution in [0.1, 0.15) is 104 Å². The number of benzene rings is 1. The Labute approximate surface area is 174 Å². The minimum atomic E-state index is -0.0470. The second-order valence-electron chi connectivity index (χ2n) is 10.2. The summed E-state index contributed by atoms with van der Waals surface area (Å²) in [5.74, 6) is 3.86. The Morgan fingerprint density at radius 2 is 1.54 bits per heavy atom. The van der Waals surface area contributed by atoms with Crippen LogP contribution in [0.15, 0.2) is 18.2 Å². The summed E-state index contributed by atoms with van der Waals surface area (Å²) < 4.78 is 6.31. The van der Waals surface area contributed by atoms with Gasteiger partial charge in [-0.25, -0.2) is 0 Å². The highest BCUT2D eigenvalue weighted by molar-refractivity contribution is 5.41.